The van der Waals surface area contributed by atoms with E-state index in [1.807, 2.05) is 7.11 Å². The Morgan fingerprint density at radius 3 is 2.29 bits per heavy atom. The molecule has 1 nitrogen and oxygen atoms in total. The number of methoxy groups -OCH3 is 1. The summed E-state index contributed by atoms with van der Waals surface area (Å²) in [7, 11) is 1.83. The Labute approximate surface area is 90.2 Å². The van der Waals surface area contributed by atoms with Crippen LogP contribution in [-0.4, -0.2) is 13.2 Å². The molecule has 2 unspecified atom stereocenters. The average Bonchev–Trinajstić information content (AvgIpc) is 2.21. The summed E-state index contributed by atoms with van der Waals surface area (Å²) in [5, 5.41) is 0. The van der Waals surface area contributed by atoms with Gasteiger partial charge in [-0.2, -0.15) is 0 Å². The van der Waals surface area contributed by atoms with Crippen molar-refractivity contribution in [2.75, 3.05) is 7.11 Å². The molecule has 1 heteroatoms. The van der Waals surface area contributed by atoms with Crippen LogP contribution in [0.5, 0.6) is 0 Å². The van der Waals surface area contributed by atoms with Crippen LogP contribution in [-0.2, 0) is 4.74 Å². The zero-order chi connectivity index (χ0) is 10.8. The van der Waals surface area contributed by atoms with E-state index in [1.54, 1.807) is 0 Å². The zero-order valence-corrected chi connectivity index (χ0v) is 10.5. The molecule has 0 aliphatic carbocycles. The second-order valence-corrected chi connectivity index (χ2v) is 4.46. The molecule has 0 aliphatic heterocycles. The minimum atomic E-state index is 0.483. The van der Waals surface area contributed by atoms with Gasteiger partial charge in [-0.25, -0.2) is 0 Å². The SMILES string of the molecule is CCCCCCC(C)CC(CC)OC. The van der Waals surface area contributed by atoms with E-state index in [9.17, 15) is 0 Å². The normalized spacial score (nSPS) is 15.4. The lowest BCUT2D eigenvalue weighted by Gasteiger charge is -2.18. The monoisotopic (exact) mass is 200 g/mol. The third kappa shape index (κ3) is 7.37. The fraction of sp³-hybridized carbons (Fsp3) is 1.00. The molecule has 0 aromatic rings. The van der Waals surface area contributed by atoms with E-state index in [1.165, 1.54) is 38.5 Å². The largest absolute Gasteiger partial charge is 0.381 e. The van der Waals surface area contributed by atoms with Gasteiger partial charge in [-0.05, 0) is 18.8 Å². The lowest BCUT2D eigenvalue weighted by molar-refractivity contribution is 0.0778. The molecule has 0 rings (SSSR count). The topological polar surface area (TPSA) is 9.23 Å². The zero-order valence-electron chi connectivity index (χ0n) is 10.5. The molecule has 0 amide bonds. The fourth-order valence-electron chi connectivity index (χ4n) is 1.92. The van der Waals surface area contributed by atoms with Crippen LogP contribution in [0.1, 0.15) is 65.7 Å². The molecule has 0 saturated carbocycles. The molecular weight excluding hydrogens is 172 g/mol. The van der Waals surface area contributed by atoms with Gasteiger partial charge in [0, 0.05) is 7.11 Å². The Balaban J connectivity index is 3.38. The van der Waals surface area contributed by atoms with E-state index in [4.69, 9.17) is 4.74 Å². The number of ether oxygens (including phenoxy) is 1. The molecular formula is C13H28O. The molecule has 0 fully saturated rings. The Morgan fingerprint density at radius 1 is 1.07 bits per heavy atom. The van der Waals surface area contributed by atoms with Crippen LogP contribution < -0.4 is 0 Å². The summed E-state index contributed by atoms with van der Waals surface area (Å²) >= 11 is 0. The molecule has 14 heavy (non-hydrogen) atoms. The summed E-state index contributed by atoms with van der Waals surface area (Å²) in [6.45, 7) is 6.83. The highest BCUT2D eigenvalue weighted by Crippen LogP contribution is 2.18. The molecule has 86 valence electrons. The average molecular weight is 200 g/mol. The summed E-state index contributed by atoms with van der Waals surface area (Å²) in [5.74, 6) is 0.830. The Hall–Kier alpha value is -0.0400. The number of hydrogen-bond acceptors (Lipinski definition) is 1. The predicted molar refractivity (Wildman–Crippen MR) is 63.6 cm³/mol. The van der Waals surface area contributed by atoms with Gasteiger partial charge in [-0.15, -0.1) is 0 Å². The highest BCUT2D eigenvalue weighted by atomic mass is 16.5. The first-order valence-electron chi connectivity index (χ1n) is 6.27. The second-order valence-electron chi connectivity index (χ2n) is 4.46. The number of hydrogen-bond donors (Lipinski definition) is 0. The number of rotatable bonds is 9. The van der Waals surface area contributed by atoms with Crippen LogP contribution in [0, 0.1) is 5.92 Å². The van der Waals surface area contributed by atoms with E-state index in [2.05, 4.69) is 20.8 Å². The molecule has 0 heterocycles. The van der Waals surface area contributed by atoms with Gasteiger partial charge >= 0.3 is 0 Å². The van der Waals surface area contributed by atoms with Crippen molar-refractivity contribution in [1.29, 1.82) is 0 Å². The van der Waals surface area contributed by atoms with E-state index in [0.29, 0.717) is 6.10 Å². The van der Waals surface area contributed by atoms with E-state index < -0.39 is 0 Å². The first kappa shape index (κ1) is 14.0. The summed E-state index contributed by atoms with van der Waals surface area (Å²) in [6.07, 6.45) is 9.78. The van der Waals surface area contributed by atoms with E-state index in [-0.39, 0.29) is 0 Å². The van der Waals surface area contributed by atoms with Crippen molar-refractivity contribution in [3.63, 3.8) is 0 Å². The first-order valence-corrected chi connectivity index (χ1v) is 6.27. The van der Waals surface area contributed by atoms with Crippen LogP contribution in [0.2, 0.25) is 0 Å². The Bertz CT molecular complexity index is 108. The van der Waals surface area contributed by atoms with Crippen LogP contribution in [0.15, 0.2) is 0 Å². The fourth-order valence-corrected chi connectivity index (χ4v) is 1.92. The van der Waals surface area contributed by atoms with Crippen molar-refractivity contribution in [1.82, 2.24) is 0 Å². The Kier molecular flexibility index (Phi) is 9.49. The van der Waals surface area contributed by atoms with Gasteiger partial charge in [0.25, 0.3) is 0 Å². The third-order valence-corrected chi connectivity index (χ3v) is 3.00. The molecule has 0 aliphatic rings. The summed E-state index contributed by atoms with van der Waals surface area (Å²) in [5.41, 5.74) is 0. The maximum Gasteiger partial charge on any atom is 0.0571 e. The van der Waals surface area contributed by atoms with Gasteiger partial charge in [0.1, 0.15) is 0 Å². The predicted octanol–water partition coefficient (Wildman–Crippen LogP) is 4.41. The van der Waals surface area contributed by atoms with Gasteiger partial charge < -0.3 is 4.74 Å². The molecule has 0 aromatic carbocycles. The van der Waals surface area contributed by atoms with Gasteiger partial charge in [-0.1, -0.05) is 52.9 Å². The minimum absolute atomic E-state index is 0.483. The van der Waals surface area contributed by atoms with Gasteiger partial charge in [0.05, 0.1) is 6.10 Å². The van der Waals surface area contributed by atoms with Crippen molar-refractivity contribution in [2.24, 2.45) is 5.92 Å². The maximum atomic E-state index is 5.40. The van der Waals surface area contributed by atoms with Gasteiger partial charge in [0.15, 0.2) is 0 Å². The van der Waals surface area contributed by atoms with Crippen molar-refractivity contribution in [3.8, 4) is 0 Å². The standard InChI is InChI=1S/C13H28O/c1-5-7-8-9-10-12(3)11-13(6-2)14-4/h12-13H,5-11H2,1-4H3. The second kappa shape index (κ2) is 9.51. The van der Waals surface area contributed by atoms with Crippen LogP contribution in [0.25, 0.3) is 0 Å². The molecule has 0 aromatic heterocycles. The molecule has 0 N–H and O–H groups in total. The summed E-state index contributed by atoms with van der Waals surface area (Å²) in [4.78, 5) is 0. The van der Waals surface area contributed by atoms with Crippen molar-refractivity contribution in [3.05, 3.63) is 0 Å². The molecule has 0 saturated heterocycles. The molecule has 0 bridgehead atoms. The lowest BCUT2D eigenvalue weighted by atomic mass is 9.96. The molecule has 0 radical (unpaired) electrons. The third-order valence-electron chi connectivity index (χ3n) is 3.00. The lowest BCUT2D eigenvalue weighted by Crippen LogP contribution is -2.13. The van der Waals surface area contributed by atoms with Gasteiger partial charge in [-0.3, -0.25) is 0 Å². The molecule has 2 atom stereocenters. The van der Waals surface area contributed by atoms with Gasteiger partial charge in [0.2, 0.25) is 0 Å². The number of unbranched alkanes of at least 4 members (excludes halogenated alkanes) is 3. The quantitative estimate of drug-likeness (QED) is 0.501. The summed E-state index contributed by atoms with van der Waals surface area (Å²) in [6, 6.07) is 0. The highest BCUT2D eigenvalue weighted by molar-refractivity contribution is 4.61. The minimum Gasteiger partial charge on any atom is -0.381 e. The van der Waals surface area contributed by atoms with E-state index >= 15 is 0 Å². The van der Waals surface area contributed by atoms with E-state index in [0.717, 1.165) is 12.3 Å². The molecule has 0 spiro atoms. The van der Waals surface area contributed by atoms with Crippen LogP contribution >= 0.6 is 0 Å². The smallest absolute Gasteiger partial charge is 0.0571 e. The van der Waals surface area contributed by atoms with Crippen molar-refractivity contribution >= 4 is 0 Å². The van der Waals surface area contributed by atoms with Crippen LogP contribution in [0.4, 0.5) is 0 Å². The maximum absolute atomic E-state index is 5.40. The summed E-state index contributed by atoms with van der Waals surface area (Å²) < 4.78 is 5.40. The van der Waals surface area contributed by atoms with Crippen LogP contribution in [0.3, 0.4) is 0 Å². The van der Waals surface area contributed by atoms with Crippen molar-refractivity contribution < 1.29 is 4.74 Å². The highest BCUT2D eigenvalue weighted by Gasteiger charge is 2.09. The first-order chi connectivity index (χ1) is 6.74. The van der Waals surface area contributed by atoms with Crippen molar-refractivity contribution in [2.45, 2.75) is 71.8 Å². The Morgan fingerprint density at radius 2 is 1.79 bits per heavy atom.